The molecule has 2 amide bonds. The lowest BCUT2D eigenvalue weighted by molar-refractivity contribution is -0.139. The van der Waals surface area contributed by atoms with Crippen LogP contribution >= 0.6 is 46.6 Å². The van der Waals surface area contributed by atoms with Crippen LogP contribution in [0, 0.1) is 0 Å². The fraction of sp³-hybridized carbons (Fsp3) is 0.310. The van der Waals surface area contributed by atoms with Gasteiger partial charge >= 0.3 is 0 Å². The first-order valence-electron chi connectivity index (χ1n) is 12.2. The Morgan fingerprint density at radius 3 is 2.22 bits per heavy atom. The largest absolute Gasteiger partial charge is 0.352 e. The summed E-state index contributed by atoms with van der Waals surface area (Å²) in [5.74, 6) is 0.595. The van der Waals surface area contributed by atoms with Crippen LogP contribution in [0.5, 0.6) is 0 Å². The van der Waals surface area contributed by atoms with E-state index in [0.717, 1.165) is 23.1 Å². The molecule has 0 aromatic heterocycles. The summed E-state index contributed by atoms with van der Waals surface area (Å²) in [7, 11) is 0. The second-order valence-electron chi connectivity index (χ2n) is 8.91. The number of halogens is 3. The predicted molar refractivity (Wildman–Crippen MR) is 156 cm³/mol. The van der Waals surface area contributed by atoms with E-state index in [1.165, 1.54) is 11.8 Å². The van der Waals surface area contributed by atoms with Crippen molar-refractivity contribution < 1.29 is 9.59 Å². The Kier molecular flexibility index (Phi) is 11.7. The SMILES string of the molecule is CC[C@@H](C)NC(=O)[C@H](Cc1ccccc1)N(Cc1ccc(Cl)c(Cl)c1)C(=O)CSCc1ccc(Cl)cc1. The molecule has 0 heterocycles. The molecule has 0 saturated heterocycles. The molecule has 37 heavy (non-hydrogen) atoms. The van der Waals surface area contributed by atoms with Crippen molar-refractivity contribution in [1.29, 1.82) is 0 Å². The number of nitrogens with zero attached hydrogens (tertiary/aromatic N) is 1. The molecule has 3 aromatic carbocycles. The molecule has 196 valence electrons. The fourth-order valence-electron chi connectivity index (χ4n) is 3.75. The third-order valence-corrected chi connectivity index (χ3v) is 8.00. The Bertz CT molecular complexity index is 1180. The van der Waals surface area contributed by atoms with Crippen LogP contribution in [0.4, 0.5) is 0 Å². The van der Waals surface area contributed by atoms with Crippen molar-refractivity contribution in [1.82, 2.24) is 10.2 Å². The minimum atomic E-state index is -0.686. The molecule has 0 saturated carbocycles. The number of nitrogens with one attached hydrogen (secondary N) is 1. The van der Waals surface area contributed by atoms with Gasteiger partial charge in [0.15, 0.2) is 0 Å². The van der Waals surface area contributed by atoms with Gasteiger partial charge in [0.1, 0.15) is 6.04 Å². The number of benzene rings is 3. The third-order valence-electron chi connectivity index (χ3n) is 6.02. The number of rotatable bonds is 12. The van der Waals surface area contributed by atoms with E-state index >= 15 is 0 Å². The van der Waals surface area contributed by atoms with Gasteiger partial charge in [-0.25, -0.2) is 0 Å². The van der Waals surface area contributed by atoms with Crippen LogP contribution in [0.1, 0.15) is 37.0 Å². The second-order valence-corrected chi connectivity index (χ2v) is 11.1. The van der Waals surface area contributed by atoms with Gasteiger partial charge in [0.2, 0.25) is 11.8 Å². The van der Waals surface area contributed by atoms with E-state index in [1.807, 2.05) is 74.5 Å². The van der Waals surface area contributed by atoms with Crippen LogP contribution in [0.25, 0.3) is 0 Å². The summed E-state index contributed by atoms with van der Waals surface area (Å²) in [5.41, 5.74) is 2.86. The first-order chi connectivity index (χ1) is 17.8. The smallest absolute Gasteiger partial charge is 0.243 e. The maximum absolute atomic E-state index is 13.7. The normalized spacial score (nSPS) is 12.6. The van der Waals surface area contributed by atoms with Crippen LogP contribution in [-0.4, -0.2) is 34.6 Å². The van der Waals surface area contributed by atoms with Crippen molar-refractivity contribution in [3.63, 3.8) is 0 Å². The molecule has 0 aliphatic heterocycles. The zero-order valence-electron chi connectivity index (χ0n) is 20.9. The van der Waals surface area contributed by atoms with Gasteiger partial charge in [0.25, 0.3) is 0 Å². The fourth-order valence-corrected chi connectivity index (χ4v) is 5.07. The Balaban J connectivity index is 1.87. The third kappa shape index (κ3) is 9.26. The Hall–Kier alpha value is -2.18. The summed E-state index contributed by atoms with van der Waals surface area (Å²) in [4.78, 5) is 28.9. The second kappa shape index (κ2) is 14.7. The summed E-state index contributed by atoms with van der Waals surface area (Å²) in [6.07, 6.45) is 1.19. The first kappa shape index (κ1) is 29.4. The molecule has 0 aliphatic carbocycles. The highest BCUT2D eigenvalue weighted by Gasteiger charge is 2.31. The summed E-state index contributed by atoms with van der Waals surface area (Å²) in [6, 6.07) is 21.9. The molecule has 0 spiro atoms. The van der Waals surface area contributed by atoms with Crippen LogP contribution in [0.15, 0.2) is 72.8 Å². The average Bonchev–Trinajstić information content (AvgIpc) is 2.89. The van der Waals surface area contributed by atoms with Crippen molar-refractivity contribution in [3.8, 4) is 0 Å². The van der Waals surface area contributed by atoms with Gasteiger partial charge < -0.3 is 10.2 Å². The summed E-state index contributed by atoms with van der Waals surface area (Å²) < 4.78 is 0. The molecule has 3 rings (SSSR count). The van der Waals surface area contributed by atoms with Gasteiger partial charge in [-0.2, -0.15) is 0 Å². The van der Waals surface area contributed by atoms with E-state index in [2.05, 4.69) is 5.32 Å². The maximum Gasteiger partial charge on any atom is 0.243 e. The van der Waals surface area contributed by atoms with Crippen molar-refractivity contribution in [2.75, 3.05) is 5.75 Å². The lowest BCUT2D eigenvalue weighted by Crippen LogP contribution is -2.52. The van der Waals surface area contributed by atoms with E-state index in [1.54, 1.807) is 17.0 Å². The topological polar surface area (TPSA) is 49.4 Å². The average molecular weight is 578 g/mol. The summed E-state index contributed by atoms with van der Waals surface area (Å²) in [6.45, 7) is 4.22. The van der Waals surface area contributed by atoms with Crippen LogP contribution in [0.2, 0.25) is 15.1 Å². The predicted octanol–water partition coefficient (Wildman–Crippen LogP) is 7.43. The van der Waals surface area contributed by atoms with Crippen molar-refractivity contribution in [2.24, 2.45) is 0 Å². The molecule has 8 heteroatoms. The molecule has 0 radical (unpaired) electrons. The van der Waals surface area contributed by atoms with E-state index in [-0.39, 0.29) is 30.2 Å². The van der Waals surface area contributed by atoms with E-state index in [9.17, 15) is 9.59 Å². The van der Waals surface area contributed by atoms with Crippen molar-refractivity contribution in [2.45, 2.75) is 51.1 Å². The molecule has 0 bridgehead atoms. The van der Waals surface area contributed by atoms with Crippen molar-refractivity contribution in [3.05, 3.63) is 105 Å². The lowest BCUT2D eigenvalue weighted by atomic mass is 10.0. The van der Waals surface area contributed by atoms with Gasteiger partial charge in [-0.3, -0.25) is 9.59 Å². The van der Waals surface area contributed by atoms with Crippen LogP contribution in [0.3, 0.4) is 0 Å². The first-order valence-corrected chi connectivity index (χ1v) is 14.5. The molecular weight excluding hydrogens is 547 g/mol. The number of hydrogen-bond acceptors (Lipinski definition) is 3. The van der Waals surface area contributed by atoms with Gasteiger partial charge in [0, 0.05) is 29.8 Å². The van der Waals surface area contributed by atoms with Crippen molar-refractivity contribution >= 4 is 58.4 Å². The Morgan fingerprint density at radius 1 is 0.892 bits per heavy atom. The molecule has 0 unspecified atom stereocenters. The van der Waals surface area contributed by atoms with E-state index in [0.29, 0.717) is 27.2 Å². The molecule has 0 aliphatic rings. The highest BCUT2D eigenvalue weighted by molar-refractivity contribution is 7.99. The quantitative estimate of drug-likeness (QED) is 0.243. The minimum Gasteiger partial charge on any atom is -0.352 e. The lowest BCUT2D eigenvalue weighted by Gasteiger charge is -2.32. The molecule has 1 N–H and O–H groups in total. The number of hydrogen-bond donors (Lipinski definition) is 1. The van der Waals surface area contributed by atoms with Gasteiger partial charge in [-0.1, -0.05) is 90.3 Å². The highest BCUT2D eigenvalue weighted by Crippen LogP contribution is 2.25. The number of thioether (sulfide) groups is 1. The number of amides is 2. The Labute approximate surface area is 238 Å². The molecule has 3 aromatic rings. The van der Waals surface area contributed by atoms with Gasteiger partial charge in [0.05, 0.1) is 15.8 Å². The molecule has 2 atom stereocenters. The zero-order chi connectivity index (χ0) is 26.8. The van der Waals surface area contributed by atoms with E-state index < -0.39 is 6.04 Å². The Morgan fingerprint density at radius 2 is 1.57 bits per heavy atom. The summed E-state index contributed by atoms with van der Waals surface area (Å²) >= 11 is 19.9. The number of carbonyl (C=O) groups is 2. The minimum absolute atomic E-state index is 0.00742. The van der Waals surface area contributed by atoms with Gasteiger partial charge in [-0.15, -0.1) is 11.8 Å². The van der Waals surface area contributed by atoms with Crippen LogP contribution in [-0.2, 0) is 28.3 Å². The van der Waals surface area contributed by atoms with E-state index in [4.69, 9.17) is 34.8 Å². The number of carbonyl (C=O) groups excluding carboxylic acids is 2. The van der Waals surface area contributed by atoms with Crippen LogP contribution < -0.4 is 5.32 Å². The maximum atomic E-state index is 13.7. The highest BCUT2D eigenvalue weighted by atomic mass is 35.5. The standard InChI is InChI=1S/C29H31Cl3N2O2S/c1-3-20(2)33-29(36)27(16-21-7-5-4-6-8-21)34(17-23-11-14-25(31)26(32)15-23)28(35)19-37-18-22-9-12-24(30)13-10-22/h4-15,20,27H,3,16-19H2,1-2H3,(H,33,36)/t20-,27+/m1/s1. The molecular formula is C29H31Cl3N2O2S. The van der Waals surface area contributed by atoms with Gasteiger partial charge in [-0.05, 0) is 54.3 Å². The molecule has 4 nitrogen and oxygen atoms in total. The molecule has 0 fully saturated rings. The zero-order valence-corrected chi connectivity index (χ0v) is 24.0. The summed E-state index contributed by atoms with van der Waals surface area (Å²) in [5, 5.41) is 4.61. The monoisotopic (exact) mass is 576 g/mol.